The van der Waals surface area contributed by atoms with Crippen molar-refractivity contribution in [3.05, 3.63) is 54.4 Å². The first-order valence-corrected chi connectivity index (χ1v) is 10.0. The van der Waals surface area contributed by atoms with Crippen molar-refractivity contribution in [2.75, 3.05) is 37.2 Å². The molecule has 0 spiro atoms. The van der Waals surface area contributed by atoms with Crippen LogP contribution in [0.3, 0.4) is 0 Å². The first-order chi connectivity index (χ1) is 14.2. The fourth-order valence-electron chi connectivity index (χ4n) is 2.59. The molecule has 2 aromatic heterocycles. The van der Waals surface area contributed by atoms with Crippen LogP contribution < -0.4 is 15.4 Å². The van der Waals surface area contributed by atoms with Crippen molar-refractivity contribution in [2.45, 2.75) is 5.03 Å². The first kappa shape index (κ1) is 20.6. The van der Waals surface area contributed by atoms with Crippen molar-refractivity contribution in [3.8, 4) is 17.1 Å². The molecule has 0 bridgehead atoms. The lowest BCUT2D eigenvalue weighted by Crippen LogP contribution is -2.19. The lowest BCUT2D eigenvalue weighted by molar-refractivity contribution is 0.102. The van der Waals surface area contributed by atoms with Crippen LogP contribution in [0.4, 0.5) is 11.5 Å². The fourth-order valence-corrected chi connectivity index (χ4v) is 3.16. The van der Waals surface area contributed by atoms with E-state index in [2.05, 4.69) is 25.6 Å². The van der Waals surface area contributed by atoms with Gasteiger partial charge in [0.15, 0.2) is 5.82 Å². The number of carbonyl (C=O) groups excluding carboxylic acids is 1. The van der Waals surface area contributed by atoms with Crippen LogP contribution >= 0.6 is 11.8 Å². The summed E-state index contributed by atoms with van der Waals surface area (Å²) in [7, 11) is 1.58. The molecule has 0 unspecified atom stereocenters. The maximum absolute atomic E-state index is 13.0. The van der Waals surface area contributed by atoms with Gasteiger partial charge in [-0.25, -0.2) is 9.97 Å². The molecule has 2 heterocycles. The molecule has 0 atom stereocenters. The van der Waals surface area contributed by atoms with Crippen molar-refractivity contribution in [1.29, 1.82) is 0 Å². The van der Waals surface area contributed by atoms with Gasteiger partial charge >= 0.3 is 0 Å². The largest absolute Gasteiger partial charge is 0.497 e. The first-order valence-electron chi connectivity index (χ1n) is 8.82. The van der Waals surface area contributed by atoms with Crippen LogP contribution in [0.1, 0.15) is 10.4 Å². The summed E-state index contributed by atoms with van der Waals surface area (Å²) >= 11 is 1.34. The van der Waals surface area contributed by atoms with E-state index in [0.717, 1.165) is 5.56 Å². The van der Waals surface area contributed by atoms with Crippen molar-refractivity contribution >= 4 is 29.2 Å². The number of aliphatic hydroxyl groups excluding tert-OH is 1. The average molecular weight is 411 g/mol. The zero-order valence-electron chi connectivity index (χ0n) is 16.0. The van der Waals surface area contributed by atoms with Gasteiger partial charge in [0, 0.05) is 30.2 Å². The van der Waals surface area contributed by atoms with Gasteiger partial charge in [-0.2, -0.15) is 0 Å². The number of methoxy groups -OCH3 is 1. The van der Waals surface area contributed by atoms with Gasteiger partial charge in [0.25, 0.3) is 5.91 Å². The van der Waals surface area contributed by atoms with E-state index in [4.69, 9.17) is 4.74 Å². The lowest BCUT2D eigenvalue weighted by atomic mass is 10.2. The summed E-state index contributed by atoms with van der Waals surface area (Å²) < 4.78 is 5.14. The molecule has 1 aromatic carbocycles. The number of benzene rings is 1. The highest BCUT2D eigenvalue weighted by Crippen LogP contribution is 2.29. The third-order valence-corrected chi connectivity index (χ3v) is 4.65. The monoisotopic (exact) mass is 411 g/mol. The number of amides is 1. The molecule has 3 aromatic rings. The van der Waals surface area contributed by atoms with Crippen molar-refractivity contribution < 1.29 is 14.6 Å². The number of anilines is 2. The number of nitrogens with one attached hydrogen (secondary N) is 2. The molecule has 0 fully saturated rings. The summed E-state index contributed by atoms with van der Waals surface area (Å²) in [6.07, 6.45) is 5.17. The molecule has 29 heavy (non-hydrogen) atoms. The van der Waals surface area contributed by atoms with Gasteiger partial charge < -0.3 is 20.5 Å². The fraction of sp³-hybridized carbons (Fsp3) is 0.200. The third kappa shape index (κ3) is 5.01. The molecule has 0 saturated heterocycles. The smallest absolute Gasteiger partial charge is 0.262 e. The molecule has 0 saturated carbocycles. The number of ether oxygens (including phenoxy) is 1. The minimum absolute atomic E-state index is 0.0969. The van der Waals surface area contributed by atoms with Gasteiger partial charge in [-0.3, -0.25) is 9.78 Å². The second-order valence-electron chi connectivity index (χ2n) is 5.85. The highest BCUT2D eigenvalue weighted by atomic mass is 32.2. The number of nitrogens with zero attached hydrogens (tertiary/aromatic N) is 3. The number of carbonyl (C=O) groups is 1. The molecule has 9 heteroatoms. The Morgan fingerprint density at radius 3 is 2.62 bits per heavy atom. The Bertz CT molecular complexity index is 968. The van der Waals surface area contributed by atoms with Crippen LogP contribution in [-0.2, 0) is 0 Å². The van der Waals surface area contributed by atoms with E-state index in [1.165, 1.54) is 11.8 Å². The van der Waals surface area contributed by atoms with E-state index in [9.17, 15) is 9.90 Å². The number of pyridine rings is 1. The minimum atomic E-state index is -0.349. The Morgan fingerprint density at radius 2 is 2.00 bits per heavy atom. The Hall–Kier alpha value is -3.17. The maximum Gasteiger partial charge on any atom is 0.262 e. The van der Waals surface area contributed by atoms with E-state index >= 15 is 0 Å². The Morgan fingerprint density at radius 1 is 1.21 bits per heavy atom. The van der Waals surface area contributed by atoms with E-state index < -0.39 is 0 Å². The Balaban J connectivity index is 1.99. The predicted molar refractivity (Wildman–Crippen MR) is 114 cm³/mol. The number of thioether (sulfide) groups is 1. The van der Waals surface area contributed by atoms with Gasteiger partial charge in [-0.05, 0) is 42.7 Å². The molecular weight excluding hydrogens is 390 g/mol. The molecule has 150 valence electrons. The van der Waals surface area contributed by atoms with Crippen LogP contribution in [0.25, 0.3) is 11.4 Å². The van der Waals surface area contributed by atoms with Crippen molar-refractivity contribution in [2.24, 2.45) is 0 Å². The second-order valence-corrected chi connectivity index (χ2v) is 6.65. The highest BCUT2D eigenvalue weighted by Gasteiger charge is 2.21. The van der Waals surface area contributed by atoms with Crippen LogP contribution in [0.5, 0.6) is 5.75 Å². The van der Waals surface area contributed by atoms with Crippen molar-refractivity contribution in [3.63, 3.8) is 0 Å². The molecule has 0 aliphatic carbocycles. The summed E-state index contributed by atoms with van der Waals surface area (Å²) in [4.78, 5) is 26.2. The van der Waals surface area contributed by atoms with Crippen LogP contribution in [0.15, 0.2) is 53.8 Å². The number of rotatable bonds is 8. The lowest BCUT2D eigenvalue weighted by Gasteiger charge is -2.15. The standard InChI is InChI=1S/C20H21N5O3S/c1-28-15-7-5-14(6-8-15)23-19(27)16-18(22-10-11-26)24-17(25-20(16)29-2)13-4-3-9-21-12-13/h3-9,12,26H,10-11H2,1-2H3,(H,23,27)(H,22,24,25). The van der Waals surface area contributed by atoms with Gasteiger partial charge in [0.05, 0.1) is 13.7 Å². The average Bonchev–Trinajstić information content (AvgIpc) is 2.78. The van der Waals surface area contributed by atoms with Gasteiger partial charge in [-0.15, -0.1) is 11.8 Å². The number of hydrogen-bond donors (Lipinski definition) is 3. The molecule has 1 amide bonds. The van der Waals surface area contributed by atoms with E-state index in [0.29, 0.717) is 33.7 Å². The number of aromatic nitrogens is 3. The second kappa shape index (κ2) is 9.85. The number of aliphatic hydroxyl groups is 1. The highest BCUT2D eigenvalue weighted by molar-refractivity contribution is 7.98. The van der Waals surface area contributed by atoms with E-state index in [-0.39, 0.29) is 19.1 Å². The zero-order valence-corrected chi connectivity index (χ0v) is 16.9. The normalized spacial score (nSPS) is 10.4. The van der Waals surface area contributed by atoms with Gasteiger partial charge in [-0.1, -0.05) is 0 Å². The van der Waals surface area contributed by atoms with Gasteiger partial charge in [0.2, 0.25) is 0 Å². The Kier molecular flexibility index (Phi) is 6.99. The Labute approximate surface area is 172 Å². The molecule has 0 radical (unpaired) electrons. The quantitative estimate of drug-likeness (QED) is 0.383. The molecule has 0 aliphatic heterocycles. The molecule has 8 nitrogen and oxygen atoms in total. The van der Waals surface area contributed by atoms with Gasteiger partial charge in [0.1, 0.15) is 22.2 Å². The summed E-state index contributed by atoms with van der Waals surface area (Å²) in [5.74, 6) is 1.15. The molecule has 0 aliphatic rings. The number of hydrogen-bond acceptors (Lipinski definition) is 8. The predicted octanol–water partition coefficient (Wildman–Crippen LogP) is 2.93. The summed E-state index contributed by atoms with van der Waals surface area (Å²) in [6, 6.07) is 10.7. The minimum Gasteiger partial charge on any atom is -0.497 e. The van der Waals surface area contributed by atoms with Crippen LogP contribution in [0, 0.1) is 0 Å². The van der Waals surface area contributed by atoms with E-state index in [1.54, 1.807) is 49.8 Å². The third-order valence-electron chi connectivity index (χ3n) is 3.97. The summed E-state index contributed by atoms with van der Waals surface area (Å²) in [6.45, 7) is 0.153. The van der Waals surface area contributed by atoms with E-state index in [1.807, 2.05) is 12.3 Å². The molecule has 3 rings (SSSR count). The zero-order chi connectivity index (χ0) is 20.6. The summed E-state index contributed by atoms with van der Waals surface area (Å²) in [5.41, 5.74) is 1.67. The topological polar surface area (TPSA) is 109 Å². The van der Waals surface area contributed by atoms with Crippen LogP contribution in [0.2, 0.25) is 0 Å². The molecule has 3 N–H and O–H groups in total. The van der Waals surface area contributed by atoms with Crippen LogP contribution in [-0.4, -0.2) is 52.5 Å². The summed E-state index contributed by atoms with van der Waals surface area (Å²) in [5, 5.41) is 15.6. The SMILES string of the molecule is COc1ccc(NC(=O)c2c(NCCO)nc(-c3cccnc3)nc2SC)cc1. The molecular formula is C20H21N5O3S. The van der Waals surface area contributed by atoms with Crippen molar-refractivity contribution in [1.82, 2.24) is 15.0 Å². The maximum atomic E-state index is 13.0.